The Hall–Kier alpha value is -2.38. The average Bonchev–Trinajstić information content (AvgIpc) is 2.47. The molecule has 0 heterocycles. The molecule has 0 saturated heterocycles. The highest BCUT2D eigenvalue weighted by Gasteiger charge is 2.18. The number of carbonyl (C=O) groups is 1. The summed E-state index contributed by atoms with van der Waals surface area (Å²) in [7, 11) is 0. The third-order valence-corrected chi connectivity index (χ3v) is 3.10. The van der Waals surface area contributed by atoms with Crippen molar-refractivity contribution in [1.29, 1.82) is 5.26 Å². The van der Waals surface area contributed by atoms with E-state index in [1.807, 2.05) is 6.07 Å². The standard InChI is InChI=1S/C16H11ClFNO2/c1-10(16(20)11-3-6-14(18)7-4-11)21-15-8-13(17)5-2-12(15)9-19/h2-8,10H,1H3. The molecule has 0 aromatic heterocycles. The predicted molar refractivity (Wildman–Crippen MR) is 77.0 cm³/mol. The summed E-state index contributed by atoms with van der Waals surface area (Å²) in [5.41, 5.74) is 0.627. The lowest BCUT2D eigenvalue weighted by Gasteiger charge is -2.15. The summed E-state index contributed by atoms with van der Waals surface area (Å²) in [6.07, 6.45) is -0.818. The minimum atomic E-state index is -0.818. The number of nitrogens with zero attached hydrogens (tertiary/aromatic N) is 1. The Morgan fingerprint density at radius 3 is 2.57 bits per heavy atom. The van der Waals surface area contributed by atoms with Crippen LogP contribution in [0, 0.1) is 17.1 Å². The number of benzene rings is 2. The first-order chi connectivity index (χ1) is 10.0. The number of nitriles is 1. The van der Waals surface area contributed by atoms with E-state index in [0.29, 0.717) is 10.6 Å². The third-order valence-electron chi connectivity index (χ3n) is 2.87. The first-order valence-corrected chi connectivity index (χ1v) is 6.55. The Bertz CT molecular complexity index is 707. The van der Waals surface area contributed by atoms with Gasteiger partial charge in [0.25, 0.3) is 0 Å². The SMILES string of the molecule is CC(Oc1cc(Cl)ccc1C#N)C(=O)c1ccc(F)cc1. The topological polar surface area (TPSA) is 50.1 Å². The third kappa shape index (κ3) is 3.59. The molecule has 3 nitrogen and oxygen atoms in total. The molecule has 1 unspecified atom stereocenters. The van der Waals surface area contributed by atoms with Gasteiger partial charge in [0.15, 0.2) is 6.10 Å². The lowest BCUT2D eigenvalue weighted by Crippen LogP contribution is -2.24. The maximum Gasteiger partial charge on any atom is 0.202 e. The van der Waals surface area contributed by atoms with Gasteiger partial charge in [-0.25, -0.2) is 4.39 Å². The molecule has 0 aliphatic heterocycles. The van der Waals surface area contributed by atoms with Crippen LogP contribution in [0.2, 0.25) is 5.02 Å². The fraction of sp³-hybridized carbons (Fsp3) is 0.125. The fourth-order valence-corrected chi connectivity index (χ4v) is 1.94. The molecule has 0 aliphatic rings. The molecule has 2 rings (SSSR count). The number of rotatable bonds is 4. The second-order valence-electron chi connectivity index (χ2n) is 4.38. The monoisotopic (exact) mass is 303 g/mol. The van der Waals surface area contributed by atoms with Gasteiger partial charge in [0.2, 0.25) is 5.78 Å². The molecule has 5 heteroatoms. The van der Waals surface area contributed by atoms with Crippen LogP contribution in [0.1, 0.15) is 22.8 Å². The summed E-state index contributed by atoms with van der Waals surface area (Å²) in [6.45, 7) is 1.56. The molecule has 0 amide bonds. The van der Waals surface area contributed by atoms with Gasteiger partial charge in [-0.05, 0) is 43.3 Å². The van der Waals surface area contributed by atoms with Crippen LogP contribution in [0.15, 0.2) is 42.5 Å². The molecular weight excluding hydrogens is 293 g/mol. The molecule has 1 atom stereocenters. The molecule has 0 fully saturated rings. The highest BCUT2D eigenvalue weighted by Crippen LogP contribution is 2.24. The minimum absolute atomic E-state index is 0.243. The van der Waals surface area contributed by atoms with E-state index in [4.69, 9.17) is 21.6 Å². The Morgan fingerprint density at radius 2 is 1.95 bits per heavy atom. The van der Waals surface area contributed by atoms with Crippen LogP contribution in [-0.4, -0.2) is 11.9 Å². The normalized spacial score (nSPS) is 11.5. The number of ether oxygens (including phenoxy) is 1. The van der Waals surface area contributed by atoms with Gasteiger partial charge >= 0.3 is 0 Å². The summed E-state index contributed by atoms with van der Waals surface area (Å²) >= 11 is 5.86. The molecule has 0 spiro atoms. The van der Waals surface area contributed by atoms with Crippen LogP contribution in [0.5, 0.6) is 5.75 Å². The Morgan fingerprint density at radius 1 is 1.29 bits per heavy atom. The number of hydrogen-bond donors (Lipinski definition) is 0. The van der Waals surface area contributed by atoms with E-state index >= 15 is 0 Å². The molecule has 106 valence electrons. The fourth-order valence-electron chi connectivity index (χ4n) is 1.78. The Balaban J connectivity index is 2.20. The zero-order valence-corrected chi connectivity index (χ0v) is 11.9. The summed E-state index contributed by atoms with van der Waals surface area (Å²) in [6, 6.07) is 11.7. The van der Waals surface area contributed by atoms with Crippen molar-refractivity contribution >= 4 is 17.4 Å². The van der Waals surface area contributed by atoms with Gasteiger partial charge in [0.05, 0.1) is 5.56 Å². The van der Waals surface area contributed by atoms with Crippen LogP contribution < -0.4 is 4.74 Å². The molecule has 2 aromatic rings. The summed E-state index contributed by atoms with van der Waals surface area (Å²) in [5, 5.41) is 9.42. The van der Waals surface area contributed by atoms with Crippen LogP contribution in [-0.2, 0) is 0 Å². The number of Topliss-reactive ketones (excluding diaryl/α,β-unsaturated/α-hetero) is 1. The van der Waals surface area contributed by atoms with Crippen LogP contribution in [0.25, 0.3) is 0 Å². The highest BCUT2D eigenvalue weighted by molar-refractivity contribution is 6.30. The van der Waals surface area contributed by atoms with Crippen LogP contribution in [0.3, 0.4) is 0 Å². The van der Waals surface area contributed by atoms with Crippen LogP contribution >= 0.6 is 11.6 Å². The van der Waals surface area contributed by atoms with E-state index < -0.39 is 11.9 Å². The average molecular weight is 304 g/mol. The van der Waals surface area contributed by atoms with Gasteiger partial charge in [-0.1, -0.05) is 11.6 Å². The Kier molecular flexibility index (Phi) is 4.56. The highest BCUT2D eigenvalue weighted by atomic mass is 35.5. The predicted octanol–water partition coefficient (Wildman–Crippen LogP) is 4.00. The van der Waals surface area contributed by atoms with Crippen molar-refractivity contribution in [2.75, 3.05) is 0 Å². The van der Waals surface area contributed by atoms with E-state index in [-0.39, 0.29) is 17.1 Å². The quantitative estimate of drug-likeness (QED) is 0.802. The summed E-state index contributed by atoms with van der Waals surface area (Å²) in [4.78, 5) is 12.2. The van der Waals surface area contributed by atoms with Gasteiger partial charge in [-0.15, -0.1) is 0 Å². The number of hydrogen-bond acceptors (Lipinski definition) is 3. The maximum atomic E-state index is 12.8. The van der Waals surface area contributed by atoms with Crippen molar-refractivity contribution in [1.82, 2.24) is 0 Å². The van der Waals surface area contributed by atoms with Crippen LogP contribution in [0.4, 0.5) is 4.39 Å². The van der Waals surface area contributed by atoms with Gasteiger partial charge < -0.3 is 4.74 Å². The number of carbonyl (C=O) groups excluding carboxylic acids is 1. The molecule has 0 N–H and O–H groups in total. The van der Waals surface area contributed by atoms with E-state index in [0.717, 1.165) is 0 Å². The minimum Gasteiger partial charge on any atom is -0.481 e. The van der Waals surface area contributed by atoms with Crippen molar-refractivity contribution in [2.45, 2.75) is 13.0 Å². The molecule has 21 heavy (non-hydrogen) atoms. The van der Waals surface area contributed by atoms with Crippen molar-refractivity contribution in [2.24, 2.45) is 0 Å². The maximum absolute atomic E-state index is 12.8. The lowest BCUT2D eigenvalue weighted by atomic mass is 10.1. The molecule has 0 bridgehead atoms. The van der Waals surface area contributed by atoms with E-state index in [2.05, 4.69) is 0 Å². The lowest BCUT2D eigenvalue weighted by molar-refractivity contribution is 0.0817. The van der Waals surface area contributed by atoms with Gasteiger partial charge in [-0.2, -0.15) is 5.26 Å². The second kappa shape index (κ2) is 6.38. The van der Waals surface area contributed by atoms with Gasteiger partial charge in [-0.3, -0.25) is 4.79 Å². The molecule has 2 aromatic carbocycles. The first-order valence-electron chi connectivity index (χ1n) is 6.17. The molecule has 0 saturated carbocycles. The largest absolute Gasteiger partial charge is 0.481 e. The van der Waals surface area contributed by atoms with Crippen molar-refractivity contribution in [3.8, 4) is 11.8 Å². The van der Waals surface area contributed by atoms with Crippen molar-refractivity contribution in [3.63, 3.8) is 0 Å². The van der Waals surface area contributed by atoms with E-state index in [1.54, 1.807) is 13.0 Å². The smallest absolute Gasteiger partial charge is 0.202 e. The summed E-state index contributed by atoms with van der Waals surface area (Å²) < 4.78 is 18.4. The number of ketones is 1. The Labute approximate surface area is 126 Å². The van der Waals surface area contributed by atoms with Gasteiger partial charge in [0, 0.05) is 16.7 Å². The zero-order valence-electron chi connectivity index (χ0n) is 11.1. The summed E-state index contributed by atoms with van der Waals surface area (Å²) in [5.74, 6) is -0.478. The van der Waals surface area contributed by atoms with Gasteiger partial charge in [0.1, 0.15) is 17.6 Å². The van der Waals surface area contributed by atoms with E-state index in [9.17, 15) is 9.18 Å². The molecular formula is C16H11ClFNO2. The molecule has 0 radical (unpaired) electrons. The number of halogens is 2. The van der Waals surface area contributed by atoms with Crippen molar-refractivity contribution < 1.29 is 13.9 Å². The first kappa shape index (κ1) is 15.0. The van der Waals surface area contributed by atoms with E-state index in [1.165, 1.54) is 36.4 Å². The zero-order chi connectivity index (χ0) is 15.4. The second-order valence-corrected chi connectivity index (χ2v) is 4.82. The van der Waals surface area contributed by atoms with Crippen molar-refractivity contribution in [3.05, 3.63) is 64.4 Å². The molecule has 0 aliphatic carbocycles.